The van der Waals surface area contributed by atoms with Crippen LogP contribution < -0.4 is 3.69 Å². The van der Waals surface area contributed by atoms with Crippen LogP contribution in [0.2, 0.25) is 0 Å². The van der Waals surface area contributed by atoms with Crippen LogP contribution in [-0.2, 0) is 9.47 Å². The Bertz CT molecular complexity index is 276. The summed E-state index contributed by atoms with van der Waals surface area (Å²) in [6.45, 7) is 0.873. The fourth-order valence-corrected chi connectivity index (χ4v) is 3.02. The number of hydrogen-bond acceptors (Lipinski definition) is 2. The van der Waals surface area contributed by atoms with Gasteiger partial charge in [-0.1, -0.05) is 30.3 Å². The predicted octanol–water partition coefficient (Wildman–Crippen LogP) is 2.09. The van der Waals surface area contributed by atoms with E-state index < -0.39 is 0 Å². The second-order valence-electron chi connectivity index (χ2n) is 3.90. The monoisotopic (exact) mass is 296 g/mol. The van der Waals surface area contributed by atoms with Crippen molar-refractivity contribution in [3.8, 4) is 0 Å². The van der Waals surface area contributed by atoms with E-state index in [0.717, 1.165) is 17.8 Å². The minimum Gasteiger partial charge on any atom is -0.380 e. The molecule has 0 spiro atoms. The summed E-state index contributed by atoms with van der Waals surface area (Å²) in [4.78, 5) is 0. The van der Waals surface area contributed by atoms with E-state index in [1.54, 1.807) is 0 Å². The average molecular weight is 297 g/mol. The van der Waals surface area contributed by atoms with Crippen LogP contribution in [0.4, 0.5) is 0 Å². The first-order chi connectivity index (χ1) is 7.45. The second kappa shape index (κ2) is 8.47. The highest BCUT2D eigenvalue weighted by Crippen LogP contribution is 2.12. The molecule has 0 aliphatic carbocycles. The number of halogens is 1. The molecule has 86 valence electrons. The molecule has 1 aromatic carbocycles. The zero-order valence-electron chi connectivity index (χ0n) is 9.43. The Balaban J connectivity index is 0.00000128. The van der Waals surface area contributed by atoms with Gasteiger partial charge in [0.2, 0.25) is 0 Å². The van der Waals surface area contributed by atoms with Crippen molar-refractivity contribution in [1.82, 2.24) is 0 Å². The fourth-order valence-electron chi connectivity index (χ4n) is 1.80. The quantitative estimate of drug-likeness (QED) is 0.792. The summed E-state index contributed by atoms with van der Waals surface area (Å²) in [5, 5.41) is 0. The van der Waals surface area contributed by atoms with Crippen molar-refractivity contribution in [3.05, 3.63) is 30.3 Å². The summed E-state index contributed by atoms with van der Waals surface area (Å²) >= 11 is -0.259. The summed E-state index contributed by atoms with van der Waals surface area (Å²) in [5.41, 5.74) is 0. The van der Waals surface area contributed by atoms with Crippen LogP contribution in [0.25, 0.3) is 0 Å². The molecular formula is C12H17BrMgO2. The minimum atomic E-state index is -0.259. The van der Waals surface area contributed by atoms with Crippen molar-refractivity contribution in [2.24, 2.45) is 0 Å². The summed E-state index contributed by atoms with van der Waals surface area (Å²) in [6.07, 6.45) is 3.59. The Morgan fingerprint density at radius 1 is 1.25 bits per heavy atom. The third-order valence-corrected chi connectivity index (χ3v) is 4.16. The topological polar surface area (TPSA) is 18.5 Å². The lowest BCUT2D eigenvalue weighted by Gasteiger charge is -2.22. The van der Waals surface area contributed by atoms with Crippen molar-refractivity contribution in [1.29, 1.82) is 0 Å². The maximum absolute atomic E-state index is 5.73. The Morgan fingerprint density at radius 2 is 2.06 bits per heavy atom. The molecule has 2 rings (SSSR count). The van der Waals surface area contributed by atoms with Crippen molar-refractivity contribution in [3.63, 3.8) is 0 Å². The first kappa shape index (κ1) is 14.4. The maximum atomic E-state index is 5.73. The lowest BCUT2D eigenvalue weighted by atomic mass is 10.2. The van der Waals surface area contributed by atoms with E-state index in [1.165, 1.54) is 16.5 Å². The molecule has 0 amide bonds. The molecule has 1 aromatic rings. The molecule has 1 heterocycles. The fraction of sp³-hybridized carbons (Fsp3) is 0.500. The lowest BCUT2D eigenvalue weighted by molar-refractivity contribution is -0.151. The van der Waals surface area contributed by atoms with Gasteiger partial charge in [-0.15, -0.1) is 17.0 Å². The molecule has 0 radical (unpaired) electrons. The van der Waals surface area contributed by atoms with Crippen LogP contribution >= 0.6 is 17.0 Å². The van der Waals surface area contributed by atoms with Crippen molar-refractivity contribution < 1.29 is 9.47 Å². The van der Waals surface area contributed by atoms with Gasteiger partial charge in [0.15, 0.2) is 6.29 Å². The third kappa shape index (κ3) is 5.14. The largest absolute Gasteiger partial charge is 0.447 e. The second-order valence-corrected chi connectivity index (χ2v) is 5.63. The van der Waals surface area contributed by atoms with Gasteiger partial charge in [0.05, 0.1) is 0 Å². The van der Waals surface area contributed by atoms with Crippen LogP contribution in [0.3, 0.4) is 0 Å². The van der Waals surface area contributed by atoms with E-state index in [2.05, 4.69) is 30.3 Å². The number of rotatable bonds is 4. The molecule has 0 bridgehead atoms. The normalized spacial score (nSPS) is 19.6. The van der Waals surface area contributed by atoms with Gasteiger partial charge >= 0.3 is 20.4 Å². The van der Waals surface area contributed by atoms with Gasteiger partial charge in [0, 0.05) is 6.61 Å². The highest BCUT2D eigenvalue weighted by atomic mass is 79.9. The first-order valence-corrected chi connectivity index (χ1v) is 7.43. The number of benzene rings is 1. The van der Waals surface area contributed by atoms with E-state index in [4.69, 9.17) is 9.47 Å². The average Bonchev–Trinajstić information content (AvgIpc) is 2.32. The summed E-state index contributed by atoms with van der Waals surface area (Å²) in [7, 11) is 0. The highest BCUT2D eigenvalue weighted by molar-refractivity contribution is 8.93. The van der Waals surface area contributed by atoms with Gasteiger partial charge in [0.1, 0.15) is 0 Å². The summed E-state index contributed by atoms with van der Waals surface area (Å²) in [6, 6.07) is 10.6. The predicted molar refractivity (Wildman–Crippen MR) is 71.7 cm³/mol. The molecule has 16 heavy (non-hydrogen) atoms. The molecule has 0 saturated carbocycles. The molecule has 2 nitrogen and oxygen atoms in total. The van der Waals surface area contributed by atoms with Gasteiger partial charge in [0.25, 0.3) is 0 Å². The molecule has 4 heteroatoms. The molecule has 1 fully saturated rings. The molecule has 0 aromatic heterocycles. The van der Waals surface area contributed by atoms with Crippen molar-refractivity contribution in [2.75, 3.05) is 11.3 Å². The molecular weight excluding hydrogens is 280 g/mol. The third-order valence-electron chi connectivity index (χ3n) is 2.68. The molecule has 1 saturated heterocycles. The highest BCUT2D eigenvalue weighted by Gasteiger charge is 2.13. The zero-order chi connectivity index (χ0) is 10.3. The van der Waals surface area contributed by atoms with Gasteiger partial charge in [-0.05, 0) is 24.0 Å². The standard InChI is InChI=1S/C6H11O2.C6H5.BrH.Mg/c1-7-6-4-2-3-5-8-6;1-2-4-6-5-3-1;;/h6H,1-5H2;1-5H;1H;. The van der Waals surface area contributed by atoms with Crippen molar-refractivity contribution in [2.45, 2.75) is 25.6 Å². The van der Waals surface area contributed by atoms with Crippen LogP contribution in [0.1, 0.15) is 19.3 Å². The summed E-state index contributed by atoms with van der Waals surface area (Å²) < 4.78 is 13.6. The molecule has 1 aliphatic rings. The number of hydrogen-bond donors (Lipinski definition) is 0. The van der Waals surface area contributed by atoms with Crippen LogP contribution in [0.15, 0.2) is 30.3 Å². The Hall–Kier alpha value is 0.386. The van der Waals surface area contributed by atoms with Gasteiger partial charge in [-0.2, -0.15) is 3.69 Å². The van der Waals surface area contributed by atoms with E-state index in [1.807, 2.05) is 0 Å². The smallest absolute Gasteiger partial charge is 0.380 e. The van der Waals surface area contributed by atoms with Gasteiger partial charge in [-0.25, -0.2) is 0 Å². The molecule has 1 aliphatic heterocycles. The van der Waals surface area contributed by atoms with E-state index in [0.29, 0.717) is 0 Å². The Morgan fingerprint density at radius 3 is 2.75 bits per heavy atom. The first-order valence-electron chi connectivity index (χ1n) is 5.72. The Kier molecular flexibility index (Phi) is 7.65. The molecule has 1 unspecified atom stereocenters. The molecule has 0 N–H and O–H groups in total. The van der Waals surface area contributed by atoms with Crippen LogP contribution in [-0.4, -0.2) is 38.0 Å². The van der Waals surface area contributed by atoms with Gasteiger partial charge in [-0.3, -0.25) is 0 Å². The van der Waals surface area contributed by atoms with Crippen LogP contribution in [0, 0.1) is 0 Å². The number of ether oxygens (including phenoxy) is 2. The van der Waals surface area contributed by atoms with Crippen LogP contribution in [0.5, 0.6) is 0 Å². The minimum absolute atomic E-state index is 0. The zero-order valence-corrected chi connectivity index (χ0v) is 12.6. The van der Waals surface area contributed by atoms with Gasteiger partial charge < -0.3 is 9.47 Å². The van der Waals surface area contributed by atoms with E-state index >= 15 is 0 Å². The lowest BCUT2D eigenvalue weighted by Crippen LogP contribution is -2.27. The SMILES string of the molecule is Br.c1cc[c]([Mg][CH2]OC2CCCCO2)cc1. The Labute approximate surface area is 117 Å². The van der Waals surface area contributed by atoms with E-state index in [-0.39, 0.29) is 43.6 Å². The maximum Gasteiger partial charge on any atom is 0.447 e. The molecule has 1 atom stereocenters. The van der Waals surface area contributed by atoms with E-state index in [9.17, 15) is 0 Å². The van der Waals surface area contributed by atoms with Crippen molar-refractivity contribution >= 4 is 41.0 Å². The summed E-state index contributed by atoms with van der Waals surface area (Å²) in [5.74, 6) is 0.